The molecule has 2 saturated heterocycles. The first-order valence-electron chi connectivity index (χ1n) is 9.11. The smallest absolute Gasteiger partial charge is 0.222 e. The molecule has 3 aliphatic rings. The summed E-state index contributed by atoms with van der Waals surface area (Å²) in [5.41, 5.74) is 1.49. The lowest BCUT2D eigenvalue weighted by atomic mass is 10.0. The zero-order chi connectivity index (χ0) is 16.1. The van der Waals surface area contributed by atoms with Gasteiger partial charge in [-0.15, -0.1) is 11.3 Å². The number of piperidine rings is 1. The molecule has 1 atom stereocenters. The van der Waals surface area contributed by atoms with E-state index < -0.39 is 0 Å². The Bertz CT molecular complexity index is 802. The lowest BCUT2D eigenvalue weighted by molar-refractivity contribution is -0.129. The minimum absolute atomic E-state index is 0.339. The molecule has 5 nitrogen and oxygen atoms in total. The largest absolute Gasteiger partial charge is 0.354 e. The zero-order valence-corrected chi connectivity index (χ0v) is 14.6. The molecule has 4 heterocycles. The molecule has 1 aliphatic carbocycles. The molecule has 0 bridgehead atoms. The molecule has 0 aromatic carbocycles. The highest BCUT2D eigenvalue weighted by Gasteiger charge is 2.33. The van der Waals surface area contributed by atoms with Gasteiger partial charge >= 0.3 is 0 Å². The Morgan fingerprint density at radius 1 is 1.08 bits per heavy atom. The molecule has 2 aliphatic heterocycles. The molecule has 2 aromatic heterocycles. The fourth-order valence-corrected chi connectivity index (χ4v) is 5.83. The third kappa shape index (κ3) is 2.23. The summed E-state index contributed by atoms with van der Waals surface area (Å²) < 4.78 is 0. The Morgan fingerprint density at radius 2 is 2.04 bits per heavy atom. The summed E-state index contributed by atoms with van der Waals surface area (Å²) in [6.45, 7) is 2.89. The van der Waals surface area contributed by atoms with Gasteiger partial charge in [0.1, 0.15) is 17.0 Å². The second-order valence-electron chi connectivity index (χ2n) is 7.17. The summed E-state index contributed by atoms with van der Waals surface area (Å²) in [4.78, 5) is 28.5. The van der Waals surface area contributed by atoms with E-state index in [0.717, 1.165) is 62.4 Å². The SMILES string of the molecule is O=C1CCCN1C1CCCN(c2ncnc3sc4c(c23)CCC4)C1. The molecule has 2 aromatic rings. The number of aryl methyl sites for hydroxylation is 2. The fraction of sp³-hybridized carbons (Fsp3) is 0.611. The van der Waals surface area contributed by atoms with Crippen LogP contribution in [-0.2, 0) is 17.6 Å². The van der Waals surface area contributed by atoms with Crippen LogP contribution in [0.2, 0.25) is 0 Å². The van der Waals surface area contributed by atoms with Crippen LogP contribution < -0.4 is 4.90 Å². The monoisotopic (exact) mass is 342 g/mol. The van der Waals surface area contributed by atoms with Crippen molar-refractivity contribution in [3.8, 4) is 0 Å². The first kappa shape index (κ1) is 14.6. The van der Waals surface area contributed by atoms with Gasteiger partial charge in [0.15, 0.2) is 0 Å². The van der Waals surface area contributed by atoms with E-state index in [4.69, 9.17) is 0 Å². The number of anilines is 1. The average Bonchev–Trinajstić information content (AvgIpc) is 3.30. The van der Waals surface area contributed by atoms with Crippen LogP contribution in [0.25, 0.3) is 10.2 Å². The summed E-state index contributed by atoms with van der Waals surface area (Å²) in [5.74, 6) is 1.45. The van der Waals surface area contributed by atoms with Crippen molar-refractivity contribution < 1.29 is 4.79 Å². The Balaban J connectivity index is 1.49. The molecular formula is C18H22N4OS. The Kier molecular flexibility index (Phi) is 3.47. The lowest BCUT2D eigenvalue weighted by Gasteiger charge is -2.38. The van der Waals surface area contributed by atoms with Crippen LogP contribution in [0.4, 0.5) is 5.82 Å². The lowest BCUT2D eigenvalue weighted by Crippen LogP contribution is -2.48. The van der Waals surface area contributed by atoms with E-state index in [2.05, 4.69) is 19.8 Å². The molecule has 5 rings (SSSR count). The number of hydrogen-bond acceptors (Lipinski definition) is 5. The van der Waals surface area contributed by atoms with Crippen LogP contribution in [0.1, 0.15) is 42.5 Å². The number of likely N-dealkylation sites (tertiary alicyclic amines) is 1. The fourth-order valence-electron chi connectivity index (χ4n) is 4.61. The van der Waals surface area contributed by atoms with Gasteiger partial charge in [-0.3, -0.25) is 4.79 Å². The number of aromatic nitrogens is 2. The van der Waals surface area contributed by atoms with Gasteiger partial charge in [-0.25, -0.2) is 9.97 Å². The molecular weight excluding hydrogens is 320 g/mol. The van der Waals surface area contributed by atoms with Crippen molar-refractivity contribution >= 4 is 33.3 Å². The van der Waals surface area contributed by atoms with E-state index in [0.29, 0.717) is 11.9 Å². The molecule has 2 fully saturated rings. The van der Waals surface area contributed by atoms with Gasteiger partial charge < -0.3 is 9.80 Å². The van der Waals surface area contributed by atoms with E-state index in [1.807, 2.05) is 11.3 Å². The van der Waals surface area contributed by atoms with Crippen LogP contribution in [0.5, 0.6) is 0 Å². The Morgan fingerprint density at radius 3 is 2.92 bits per heavy atom. The number of nitrogens with zero attached hydrogens (tertiary/aromatic N) is 4. The predicted molar refractivity (Wildman–Crippen MR) is 95.6 cm³/mol. The zero-order valence-electron chi connectivity index (χ0n) is 13.8. The highest BCUT2D eigenvalue weighted by molar-refractivity contribution is 7.19. The van der Waals surface area contributed by atoms with E-state index in [1.165, 1.54) is 28.7 Å². The highest BCUT2D eigenvalue weighted by Crippen LogP contribution is 2.40. The molecule has 0 radical (unpaired) electrons. The first-order chi connectivity index (χ1) is 11.8. The van der Waals surface area contributed by atoms with Crippen molar-refractivity contribution in [2.45, 2.75) is 51.0 Å². The third-order valence-corrected chi connectivity index (χ3v) is 6.93. The van der Waals surface area contributed by atoms with E-state index in [-0.39, 0.29) is 0 Å². The maximum Gasteiger partial charge on any atom is 0.222 e. The highest BCUT2D eigenvalue weighted by atomic mass is 32.1. The van der Waals surface area contributed by atoms with Crippen molar-refractivity contribution in [1.29, 1.82) is 0 Å². The average molecular weight is 342 g/mol. The van der Waals surface area contributed by atoms with Gasteiger partial charge in [0.2, 0.25) is 5.91 Å². The molecule has 0 N–H and O–H groups in total. The van der Waals surface area contributed by atoms with Crippen molar-refractivity contribution in [2.24, 2.45) is 0 Å². The standard InChI is InChI=1S/C18H22N4OS/c23-15-7-3-9-22(15)12-4-2-8-21(10-12)17-16-13-5-1-6-14(13)24-18(16)20-11-19-17/h11-12H,1-10H2. The Labute approximate surface area is 145 Å². The molecule has 0 spiro atoms. The maximum absolute atomic E-state index is 12.1. The topological polar surface area (TPSA) is 49.3 Å². The van der Waals surface area contributed by atoms with Crippen molar-refractivity contribution in [1.82, 2.24) is 14.9 Å². The van der Waals surface area contributed by atoms with Gasteiger partial charge in [-0.05, 0) is 44.1 Å². The Hall–Kier alpha value is -1.69. The number of fused-ring (bicyclic) bond motifs is 3. The van der Waals surface area contributed by atoms with E-state index in [9.17, 15) is 4.79 Å². The van der Waals surface area contributed by atoms with E-state index >= 15 is 0 Å². The summed E-state index contributed by atoms with van der Waals surface area (Å²) in [5, 5.41) is 1.29. The van der Waals surface area contributed by atoms with Crippen LogP contribution >= 0.6 is 11.3 Å². The number of carbonyl (C=O) groups is 1. The van der Waals surface area contributed by atoms with Gasteiger partial charge in [0, 0.05) is 37.0 Å². The maximum atomic E-state index is 12.1. The molecule has 126 valence electrons. The van der Waals surface area contributed by atoms with Crippen molar-refractivity contribution in [2.75, 3.05) is 24.5 Å². The molecule has 1 amide bonds. The van der Waals surface area contributed by atoms with Crippen LogP contribution in [0, 0.1) is 0 Å². The summed E-state index contributed by atoms with van der Waals surface area (Å²) >= 11 is 1.85. The minimum atomic E-state index is 0.339. The van der Waals surface area contributed by atoms with Gasteiger partial charge in [0.05, 0.1) is 5.39 Å². The van der Waals surface area contributed by atoms with Crippen LogP contribution in [-0.4, -0.2) is 46.5 Å². The van der Waals surface area contributed by atoms with Gasteiger partial charge in [-0.2, -0.15) is 0 Å². The quantitative estimate of drug-likeness (QED) is 0.842. The number of carbonyl (C=O) groups excluding carboxylic acids is 1. The molecule has 24 heavy (non-hydrogen) atoms. The minimum Gasteiger partial charge on any atom is -0.354 e. The van der Waals surface area contributed by atoms with Crippen molar-refractivity contribution in [3.05, 3.63) is 16.8 Å². The van der Waals surface area contributed by atoms with E-state index in [1.54, 1.807) is 6.33 Å². The van der Waals surface area contributed by atoms with Crippen molar-refractivity contribution in [3.63, 3.8) is 0 Å². The first-order valence-corrected chi connectivity index (χ1v) is 9.92. The van der Waals surface area contributed by atoms with Gasteiger partial charge in [-0.1, -0.05) is 0 Å². The molecule has 0 saturated carbocycles. The second kappa shape index (κ2) is 5.69. The summed E-state index contributed by atoms with van der Waals surface area (Å²) in [7, 11) is 0. The third-order valence-electron chi connectivity index (χ3n) is 5.73. The number of amides is 1. The number of hydrogen-bond donors (Lipinski definition) is 0. The normalized spacial score (nSPS) is 24.2. The second-order valence-corrected chi connectivity index (χ2v) is 8.25. The number of rotatable bonds is 2. The molecule has 1 unspecified atom stereocenters. The molecule has 6 heteroatoms. The van der Waals surface area contributed by atoms with Crippen LogP contribution in [0.3, 0.4) is 0 Å². The van der Waals surface area contributed by atoms with Gasteiger partial charge in [0.25, 0.3) is 0 Å². The number of thiophene rings is 1. The summed E-state index contributed by atoms with van der Waals surface area (Å²) in [6.07, 6.45) is 9.34. The van der Waals surface area contributed by atoms with Crippen LogP contribution in [0.15, 0.2) is 6.33 Å². The predicted octanol–water partition coefficient (Wildman–Crippen LogP) is 2.77. The summed E-state index contributed by atoms with van der Waals surface area (Å²) in [6, 6.07) is 0.352.